The van der Waals surface area contributed by atoms with Crippen LogP contribution in [0.2, 0.25) is 0 Å². The number of rotatable bonds is 9. The number of esters is 2. The second kappa shape index (κ2) is 9.03. The molecule has 1 atom stereocenters. The molecule has 0 heterocycles. The molecular weight excluding hydrogens is 334 g/mol. The quantitative estimate of drug-likeness (QED) is 0.629. The Bertz CT molecular complexity index is 645. The van der Waals surface area contributed by atoms with Gasteiger partial charge < -0.3 is 14.2 Å². The summed E-state index contributed by atoms with van der Waals surface area (Å²) in [6.07, 6.45) is 2.14. The minimum Gasteiger partial charge on any atom is -0.496 e. The normalized spacial score (nSPS) is 18.5. The molecule has 6 nitrogen and oxygen atoms in total. The van der Waals surface area contributed by atoms with Gasteiger partial charge in [-0.3, -0.25) is 14.5 Å². The Balaban J connectivity index is 2.31. The van der Waals surface area contributed by atoms with Crippen LogP contribution in [-0.2, 0) is 31.0 Å². The Morgan fingerprint density at radius 3 is 2.50 bits per heavy atom. The zero-order valence-corrected chi connectivity index (χ0v) is 16.2. The number of methoxy groups -OCH3 is 1. The van der Waals surface area contributed by atoms with Gasteiger partial charge in [0.25, 0.3) is 0 Å². The second-order valence-electron chi connectivity index (χ2n) is 6.48. The van der Waals surface area contributed by atoms with Gasteiger partial charge in [-0.05, 0) is 50.9 Å². The van der Waals surface area contributed by atoms with Crippen LogP contribution < -0.4 is 4.74 Å². The molecule has 0 radical (unpaired) electrons. The number of benzene rings is 1. The van der Waals surface area contributed by atoms with Crippen LogP contribution >= 0.6 is 0 Å². The Hall–Kier alpha value is -2.08. The monoisotopic (exact) mass is 363 g/mol. The number of carbonyl (C=O) groups is 2. The predicted octanol–water partition coefficient (Wildman–Crippen LogP) is 2.67. The van der Waals surface area contributed by atoms with E-state index in [1.165, 1.54) is 0 Å². The van der Waals surface area contributed by atoms with Crippen LogP contribution in [0.15, 0.2) is 18.2 Å². The van der Waals surface area contributed by atoms with E-state index in [9.17, 15) is 9.59 Å². The van der Waals surface area contributed by atoms with Gasteiger partial charge in [-0.15, -0.1) is 0 Å². The maximum Gasteiger partial charge on any atom is 0.308 e. The zero-order valence-electron chi connectivity index (χ0n) is 16.2. The fraction of sp³-hybridized carbons (Fsp3) is 0.600. The van der Waals surface area contributed by atoms with E-state index >= 15 is 0 Å². The van der Waals surface area contributed by atoms with Crippen molar-refractivity contribution in [3.8, 4) is 5.75 Å². The van der Waals surface area contributed by atoms with Crippen LogP contribution in [0.5, 0.6) is 5.75 Å². The Kier molecular flexibility index (Phi) is 7.03. The molecule has 2 rings (SSSR count). The second-order valence-corrected chi connectivity index (χ2v) is 6.48. The van der Waals surface area contributed by atoms with Crippen molar-refractivity contribution < 1.29 is 23.8 Å². The molecule has 144 valence electrons. The third-order valence-electron chi connectivity index (χ3n) is 5.07. The molecule has 0 amide bonds. The van der Waals surface area contributed by atoms with E-state index in [0.29, 0.717) is 19.8 Å². The number of fused-ring (bicyclic) bond motifs is 1. The molecule has 0 bridgehead atoms. The highest BCUT2D eigenvalue weighted by Gasteiger charge is 2.45. The highest BCUT2D eigenvalue weighted by Crippen LogP contribution is 2.46. The van der Waals surface area contributed by atoms with Crippen molar-refractivity contribution in [2.45, 2.75) is 45.1 Å². The van der Waals surface area contributed by atoms with Gasteiger partial charge in [0.1, 0.15) is 5.75 Å². The molecule has 1 unspecified atom stereocenters. The number of carbonyl (C=O) groups excluding carboxylic acids is 2. The lowest BCUT2D eigenvalue weighted by Crippen LogP contribution is -2.45. The third kappa shape index (κ3) is 4.18. The van der Waals surface area contributed by atoms with Crippen LogP contribution in [-0.4, -0.2) is 50.8 Å². The Morgan fingerprint density at radius 2 is 1.85 bits per heavy atom. The van der Waals surface area contributed by atoms with Crippen LogP contribution in [0.4, 0.5) is 0 Å². The first-order valence-electron chi connectivity index (χ1n) is 9.17. The van der Waals surface area contributed by atoms with Crippen LogP contribution in [0.25, 0.3) is 0 Å². The van der Waals surface area contributed by atoms with Gasteiger partial charge in [0, 0.05) is 6.54 Å². The van der Waals surface area contributed by atoms with Gasteiger partial charge in [0.2, 0.25) is 0 Å². The zero-order chi connectivity index (χ0) is 19.2. The molecule has 0 spiro atoms. The van der Waals surface area contributed by atoms with Gasteiger partial charge in [-0.1, -0.05) is 12.1 Å². The van der Waals surface area contributed by atoms with E-state index in [0.717, 1.165) is 29.7 Å². The number of ether oxygens (including phenoxy) is 3. The average Bonchev–Trinajstić information content (AvgIpc) is 3.00. The molecule has 0 saturated heterocycles. The van der Waals surface area contributed by atoms with E-state index < -0.39 is 5.54 Å². The third-order valence-corrected chi connectivity index (χ3v) is 5.07. The van der Waals surface area contributed by atoms with Crippen molar-refractivity contribution in [1.82, 2.24) is 4.90 Å². The van der Waals surface area contributed by atoms with Crippen LogP contribution in [0, 0.1) is 0 Å². The molecular formula is C20H29NO5. The molecule has 1 aliphatic rings. The van der Waals surface area contributed by atoms with Crippen molar-refractivity contribution >= 4 is 11.9 Å². The maximum atomic E-state index is 12.3. The lowest BCUT2D eigenvalue weighted by Gasteiger charge is -2.39. The summed E-state index contributed by atoms with van der Waals surface area (Å²) in [4.78, 5) is 26.2. The highest BCUT2D eigenvalue weighted by molar-refractivity contribution is 5.72. The summed E-state index contributed by atoms with van der Waals surface area (Å²) in [5.41, 5.74) is 1.71. The first-order chi connectivity index (χ1) is 12.5. The van der Waals surface area contributed by atoms with Crippen molar-refractivity contribution in [3.05, 3.63) is 29.3 Å². The van der Waals surface area contributed by atoms with Gasteiger partial charge in [0.15, 0.2) is 0 Å². The van der Waals surface area contributed by atoms with E-state index in [1.54, 1.807) is 21.0 Å². The lowest BCUT2D eigenvalue weighted by atomic mass is 9.86. The van der Waals surface area contributed by atoms with E-state index in [1.807, 2.05) is 25.2 Å². The molecule has 0 fully saturated rings. The first-order valence-corrected chi connectivity index (χ1v) is 9.17. The van der Waals surface area contributed by atoms with Crippen molar-refractivity contribution in [2.24, 2.45) is 0 Å². The van der Waals surface area contributed by atoms with E-state index in [2.05, 4.69) is 4.90 Å². The molecule has 0 aromatic heterocycles. The molecule has 26 heavy (non-hydrogen) atoms. The predicted molar refractivity (Wildman–Crippen MR) is 98.1 cm³/mol. The molecule has 1 aliphatic carbocycles. The van der Waals surface area contributed by atoms with Gasteiger partial charge in [-0.25, -0.2) is 0 Å². The first kappa shape index (κ1) is 20.2. The summed E-state index contributed by atoms with van der Waals surface area (Å²) in [6, 6.07) is 5.94. The summed E-state index contributed by atoms with van der Waals surface area (Å²) in [5.74, 6) is 0.382. The van der Waals surface area contributed by atoms with E-state index in [-0.39, 0.29) is 24.8 Å². The maximum absolute atomic E-state index is 12.3. The van der Waals surface area contributed by atoms with Gasteiger partial charge in [-0.2, -0.15) is 0 Å². The molecule has 6 heteroatoms. The minimum atomic E-state index is -0.497. The van der Waals surface area contributed by atoms with Crippen molar-refractivity contribution in [1.29, 1.82) is 0 Å². The lowest BCUT2D eigenvalue weighted by molar-refractivity contribution is -0.147. The van der Waals surface area contributed by atoms with Crippen molar-refractivity contribution in [2.75, 3.05) is 33.9 Å². The topological polar surface area (TPSA) is 65.1 Å². The largest absolute Gasteiger partial charge is 0.496 e. The summed E-state index contributed by atoms with van der Waals surface area (Å²) < 4.78 is 15.8. The summed E-state index contributed by atoms with van der Waals surface area (Å²) in [7, 11) is 3.61. The van der Waals surface area contributed by atoms with E-state index in [4.69, 9.17) is 14.2 Å². The van der Waals surface area contributed by atoms with Gasteiger partial charge in [0.05, 0.1) is 38.7 Å². The Morgan fingerprint density at radius 1 is 1.15 bits per heavy atom. The van der Waals surface area contributed by atoms with Crippen molar-refractivity contribution in [3.63, 3.8) is 0 Å². The van der Waals surface area contributed by atoms with Gasteiger partial charge >= 0.3 is 11.9 Å². The van der Waals surface area contributed by atoms with Crippen LogP contribution in [0.3, 0.4) is 0 Å². The Labute approximate surface area is 155 Å². The highest BCUT2D eigenvalue weighted by atomic mass is 16.5. The summed E-state index contributed by atoms with van der Waals surface area (Å²) in [6.45, 7) is 4.84. The molecule has 0 saturated carbocycles. The average molecular weight is 363 g/mol. The standard InChI is InChI=1S/C20H29NO5/c1-5-25-18(22)11-13-21(3)20(14-19(23)26-6-2)12-10-15-16(20)8-7-9-17(15)24-4/h7-9H,5-6,10-14H2,1-4H3. The number of hydrogen-bond acceptors (Lipinski definition) is 6. The summed E-state index contributed by atoms with van der Waals surface area (Å²) >= 11 is 0. The number of hydrogen-bond donors (Lipinski definition) is 0. The molecule has 1 aromatic rings. The molecule has 1 aromatic carbocycles. The fourth-order valence-electron chi connectivity index (χ4n) is 3.79. The SMILES string of the molecule is CCOC(=O)CCN(C)C1(CC(=O)OCC)CCc2c(OC)cccc21. The molecule has 0 aliphatic heterocycles. The minimum absolute atomic E-state index is 0.227. The fourth-order valence-corrected chi connectivity index (χ4v) is 3.79. The summed E-state index contributed by atoms with van der Waals surface area (Å²) in [5, 5.41) is 0. The smallest absolute Gasteiger partial charge is 0.308 e. The molecule has 0 N–H and O–H groups in total. The number of nitrogens with zero attached hydrogens (tertiary/aromatic N) is 1. The van der Waals surface area contributed by atoms with Crippen LogP contribution in [0.1, 0.15) is 44.2 Å².